The smallest absolute Gasteiger partial charge is 0.303 e. The highest BCUT2D eigenvalue weighted by Gasteiger charge is 2.26. The molecule has 19 heavy (non-hydrogen) atoms. The third-order valence-electron chi connectivity index (χ3n) is 3.08. The third kappa shape index (κ3) is 4.48. The van der Waals surface area contributed by atoms with Crippen LogP contribution in [-0.2, 0) is 4.79 Å². The van der Waals surface area contributed by atoms with Crippen LogP contribution in [-0.4, -0.2) is 11.1 Å². The van der Waals surface area contributed by atoms with Gasteiger partial charge in [0.25, 0.3) is 0 Å². The molecule has 3 nitrogen and oxygen atoms in total. The SMILES string of the molecule is Cc1cc(C(N)CC(C)(C)CC(=O)O)c(Cl)cc1F. The van der Waals surface area contributed by atoms with Crippen LogP contribution in [0.3, 0.4) is 0 Å². The first-order chi connectivity index (χ1) is 8.62. The van der Waals surface area contributed by atoms with Crippen molar-refractivity contribution in [3.8, 4) is 0 Å². The van der Waals surface area contributed by atoms with E-state index >= 15 is 0 Å². The molecule has 1 rings (SSSR count). The molecule has 0 fully saturated rings. The van der Waals surface area contributed by atoms with Gasteiger partial charge in [0.05, 0.1) is 6.42 Å². The number of carbonyl (C=O) groups is 1. The highest BCUT2D eigenvalue weighted by molar-refractivity contribution is 6.31. The van der Waals surface area contributed by atoms with E-state index in [4.69, 9.17) is 22.4 Å². The van der Waals surface area contributed by atoms with Gasteiger partial charge in [0.1, 0.15) is 5.82 Å². The average molecular weight is 288 g/mol. The molecule has 1 aromatic rings. The van der Waals surface area contributed by atoms with Crippen molar-refractivity contribution in [3.63, 3.8) is 0 Å². The molecule has 0 radical (unpaired) electrons. The first-order valence-electron chi connectivity index (χ1n) is 6.05. The van der Waals surface area contributed by atoms with Gasteiger partial charge in [-0.1, -0.05) is 31.5 Å². The van der Waals surface area contributed by atoms with Crippen molar-refractivity contribution in [3.05, 3.63) is 34.1 Å². The number of carboxylic acid groups (broad SMARTS) is 1. The Kier molecular flexibility index (Phi) is 4.93. The maximum absolute atomic E-state index is 13.3. The van der Waals surface area contributed by atoms with Crippen molar-refractivity contribution < 1.29 is 14.3 Å². The molecule has 0 spiro atoms. The number of halogens is 2. The van der Waals surface area contributed by atoms with Crippen LogP contribution in [0.1, 0.15) is 43.9 Å². The molecule has 0 aliphatic rings. The van der Waals surface area contributed by atoms with Gasteiger partial charge in [-0.25, -0.2) is 4.39 Å². The maximum Gasteiger partial charge on any atom is 0.303 e. The van der Waals surface area contributed by atoms with Crippen LogP contribution in [0.5, 0.6) is 0 Å². The fraction of sp³-hybridized carbons (Fsp3) is 0.500. The lowest BCUT2D eigenvalue weighted by Gasteiger charge is -2.27. The molecule has 0 bridgehead atoms. The van der Waals surface area contributed by atoms with Crippen LogP contribution in [0, 0.1) is 18.2 Å². The van der Waals surface area contributed by atoms with E-state index in [1.807, 2.05) is 13.8 Å². The summed E-state index contributed by atoms with van der Waals surface area (Å²) in [6.07, 6.45) is 0.489. The number of hydrogen-bond donors (Lipinski definition) is 2. The molecule has 1 unspecified atom stereocenters. The normalized spacial score (nSPS) is 13.4. The second kappa shape index (κ2) is 5.88. The molecule has 0 saturated heterocycles. The zero-order valence-corrected chi connectivity index (χ0v) is 12.1. The van der Waals surface area contributed by atoms with Crippen molar-refractivity contribution in [1.82, 2.24) is 0 Å². The van der Waals surface area contributed by atoms with Gasteiger partial charge in [-0.05, 0) is 36.0 Å². The summed E-state index contributed by atoms with van der Waals surface area (Å²) in [7, 11) is 0. The van der Waals surface area contributed by atoms with E-state index in [1.165, 1.54) is 6.07 Å². The van der Waals surface area contributed by atoms with Gasteiger partial charge in [-0.2, -0.15) is 0 Å². The van der Waals surface area contributed by atoms with Crippen molar-refractivity contribution in [2.75, 3.05) is 0 Å². The van der Waals surface area contributed by atoms with Gasteiger partial charge < -0.3 is 10.8 Å². The van der Waals surface area contributed by atoms with Crippen molar-refractivity contribution >= 4 is 17.6 Å². The fourth-order valence-electron chi connectivity index (χ4n) is 2.15. The van der Waals surface area contributed by atoms with Gasteiger partial charge in [0.15, 0.2) is 0 Å². The van der Waals surface area contributed by atoms with Crippen LogP contribution in [0.15, 0.2) is 12.1 Å². The van der Waals surface area contributed by atoms with E-state index < -0.39 is 17.4 Å². The summed E-state index contributed by atoms with van der Waals surface area (Å²) in [5.74, 6) is -1.23. The van der Waals surface area contributed by atoms with Crippen molar-refractivity contribution in [2.24, 2.45) is 11.1 Å². The summed E-state index contributed by atoms with van der Waals surface area (Å²) in [5, 5.41) is 9.13. The number of hydrogen-bond acceptors (Lipinski definition) is 2. The van der Waals surface area contributed by atoms with Crippen molar-refractivity contribution in [2.45, 2.75) is 39.7 Å². The number of benzene rings is 1. The third-order valence-corrected chi connectivity index (χ3v) is 3.41. The Hall–Kier alpha value is -1.13. The summed E-state index contributed by atoms with van der Waals surface area (Å²) in [4.78, 5) is 10.8. The van der Waals surface area contributed by atoms with Gasteiger partial charge in [0, 0.05) is 11.1 Å². The van der Waals surface area contributed by atoms with Crippen LogP contribution in [0.4, 0.5) is 4.39 Å². The van der Waals surface area contributed by atoms with Crippen LogP contribution < -0.4 is 5.73 Å². The van der Waals surface area contributed by atoms with Gasteiger partial charge in [0.2, 0.25) is 0 Å². The largest absolute Gasteiger partial charge is 0.481 e. The molecule has 106 valence electrons. The highest BCUT2D eigenvalue weighted by atomic mass is 35.5. The summed E-state index contributed by atoms with van der Waals surface area (Å²) < 4.78 is 13.3. The lowest BCUT2D eigenvalue weighted by atomic mass is 9.81. The Morgan fingerprint density at radius 3 is 2.63 bits per heavy atom. The quantitative estimate of drug-likeness (QED) is 0.868. The van der Waals surface area contributed by atoms with Gasteiger partial charge in [-0.15, -0.1) is 0 Å². The molecule has 1 atom stereocenters. The lowest BCUT2D eigenvalue weighted by Crippen LogP contribution is -2.24. The minimum atomic E-state index is -0.862. The monoisotopic (exact) mass is 287 g/mol. The Bertz CT molecular complexity index is 489. The minimum absolute atomic E-state index is 0.0263. The van der Waals surface area contributed by atoms with E-state index in [9.17, 15) is 9.18 Å². The molecule has 0 aliphatic carbocycles. The zero-order valence-electron chi connectivity index (χ0n) is 11.3. The van der Waals surface area contributed by atoms with Crippen LogP contribution >= 0.6 is 11.6 Å². The standard InChI is InChI=1S/C14H19ClFNO2/c1-8-4-9(10(15)5-11(8)16)12(17)6-14(2,3)7-13(18)19/h4-5,12H,6-7,17H2,1-3H3,(H,18,19). The lowest BCUT2D eigenvalue weighted by molar-refractivity contribution is -0.139. The predicted octanol–water partition coefficient (Wildman–Crippen LogP) is 3.68. The summed E-state index contributed by atoms with van der Waals surface area (Å²) in [6, 6.07) is 2.45. The second-order valence-corrected chi connectivity index (χ2v) is 6.08. The number of aliphatic carboxylic acids is 1. The molecule has 0 saturated carbocycles. The molecule has 0 aromatic heterocycles. The summed E-state index contributed by atoms with van der Waals surface area (Å²) >= 11 is 5.99. The maximum atomic E-state index is 13.3. The molecular formula is C14H19ClFNO2. The molecular weight excluding hydrogens is 269 g/mol. The number of carboxylic acids is 1. The van der Waals surface area contributed by atoms with E-state index in [2.05, 4.69) is 0 Å². The van der Waals surface area contributed by atoms with Crippen LogP contribution in [0.2, 0.25) is 5.02 Å². The molecule has 5 heteroatoms. The predicted molar refractivity (Wildman–Crippen MR) is 73.7 cm³/mol. The van der Waals surface area contributed by atoms with E-state index in [0.29, 0.717) is 17.5 Å². The van der Waals surface area contributed by atoms with E-state index in [1.54, 1.807) is 13.0 Å². The summed E-state index contributed by atoms with van der Waals surface area (Å²) in [6.45, 7) is 5.32. The molecule has 3 N–H and O–H groups in total. The molecule has 0 aliphatic heterocycles. The number of rotatable bonds is 5. The van der Waals surface area contributed by atoms with E-state index in [-0.39, 0.29) is 17.3 Å². The fourth-order valence-corrected chi connectivity index (χ4v) is 2.44. The zero-order chi connectivity index (χ0) is 14.8. The topological polar surface area (TPSA) is 63.3 Å². The minimum Gasteiger partial charge on any atom is -0.481 e. The van der Waals surface area contributed by atoms with Crippen molar-refractivity contribution in [1.29, 1.82) is 0 Å². The second-order valence-electron chi connectivity index (χ2n) is 5.67. The summed E-state index contributed by atoms with van der Waals surface area (Å²) in [5.41, 5.74) is 6.76. The van der Waals surface area contributed by atoms with Gasteiger partial charge in [-0.3, -0.25) is 4.79 Å². The first-order valence-corrected chi connectivity index (χ1v) is 6.43. The average Bonchev–Trinajstić information content (AvgIpc) is 2.20. The van der Waals surface area contributed by atoms with Crippen LogP contribution in [0.25, 0.3) is 0 Å². The highest BCUT2D eigenvalue weighted by Crippen LogP contribution is 2.35. The molecule has 1 aromatic carbocycles. The van der Waals surface area contributed by atoms with E-state index in [0.717, 1.165) is 0 Å². The first kappa shape index (κ1) is 15.9. The Balaban J connectivity index is 2.92. The Morgan fingerprint density at radius 2 is 2.11 bits per heavy atom. The molecule has 0 heterocycles. The molecule has 0 amide bonds. The number of nitrogens with two attached hydrogens (primary N) is 1. The Labute approximate surface area is 117 Å². The van der Waals surface area contributed by atoms with Gasteiger partial charge >= 0.3 is 5.97 Å². The Morgan fingerprint density at radius 1 is 1.53 bits per heavy atom. The number of aryl methyl sites for hydroxylation is 1.